The Balaban J connectivity index is 1.26. The highest BCUT2D eigenvalue weighted by Gasteiger charge is 2.58. The molecule has 1 aromatic carbocycles. The molecule has 24 heteroatoms. The molecule has 4 fully saturated rings. The van der Waals surface area contributed by atoms with Crippen LogP contribution in [0.2, 0.25) is 18.1 Å². The maximum atomic E-state index is 14.2. The summed E-state index contributed by atoms with van der Waals surface area (Å²) in [6.07, 6.45) is -21.1. The van der Waals surface area contributed by atoms with Crippen molar-refractivity contribution in [2.45, 2.75) is 177 Å². The summed E-state index contributed by atoms with van der Waals surface area (Å²) >= 11 is 0. The molecule has 5 heterocycles. The van der Waals surface area contributed by atoms with E-state index in [2.05, 4.69) is 10.6 Å². The number of amides is 4. The molecule has 5 aliphatic heterocycles. The lowest BCUT2D eigenvalue weighted by Crippen LogP contribution is -2.70. The molecule has 4 saturated heterocycles. The third-order valence-electron chi connectivity index (χ3n) is 14.3. The lowest BCUT2D eigenvalue weighted by Gasteiger charge is -2.53. The SMILES string of the molecule is CO[C@H]1OC(CO)[C@@H](OC2OC(CO)C(O[C@H]3OC(CO)[C@@H](OC4OC(CO)C(O[Si](C)(C)C(C)(C)C)[C@H](C)[C@H]4N4C(=O)c5ccccc5C4=O)C(O)[C@@H]3NC(C)=O)[C@H](O)[C@H]2C)C(O)[C@@H]1NC(C)=O. The molecule has 0 spiro atoms. The molecule has 0 aliphatic carbocycles. The Morgan fingerprint density at radius 1 is 0.638 bits per heavy atom. The number of methoxy groups -OCH3 is 1. The third-order valence-corrected chi connectivity index (χ3v) is 18.7. The molecular formula is C45H71N3O20Si. The summed E-state index contributed by atoms with van der Waals surface area (Å²) in [4.78, 5) is 54.1. The van der Waals surface area contributed by atoms with Crippen molar-refractivity contribution in [2.75, 3.05) is 33.5 Å². The van der Waals surface area contributed by atoms with Crippen molar-refractivity contribution in [1.82, 2.24) is 15.5 Å². The number of carbonyl (C=O) groups excluding carboxylic acids is 4. The van der Waals surface area contributed by atoms with Gasteiger partial charge in [0.1, 0.15) is 67.0 Å². The fourth-order valence-corrected chi connectivity index (χ4v) is 10.9. The lowest BCUT2D eigenvalue weighted by atomic mass is 9.87. The lowest BCUT2D eigenvalue weighted by molar-refractivity contribution is -0.367. The summed E-state index contributed by atoms with van der Waals surface area (Å²) < 4.78 is 55.5. The van der Waals surface area contributed by atoms with Gasteiger partial charge in [0.25, 0.3) is 11.8 Å². The van der Waals surface area contributed by atoms with Gasteiger partial charge >= 0.3 is 0 Å². The highest BCUT2D eigenvalue weighted by atomic mass is 28.4. The van der Waals surface area contributed by atoms with Crippen LogP contribution >= 0.6 is 0 Å². The highest BCUT2D eigenvalue weighted by molar-refractivity contribution is 6.74. The molecule has 10 unspecified atom stereocenters. The molecule has 0 radical (unpaired) electrons. The number of nitrogens with one attached hydrogen (secondary N) is 2. The standard InChI is InChI=1S/C45H71N3O20Si/c1-19-31(48-39(58)23-13-11-12-14-24(23)40(48)59)44(64-25(15-49)35(19)68-69(9,10)45(5,6)7)67-38-28(18-52)63-43(30(34(38)57)47-22(4)54)66-36-26(16-50)61-41(20(2)32(36)55)65-37-27(17-51)62-42(60-8)29(33(37)56)46-21(3)53/h11-14,19-20,25-38,41-44,49-52,55-57H,15-18H2,1-10H3,(H,46,53)(H,47,54)/t19-,20-,25?,26?,27?,28?,29+,30+,31-,32-,33?,34?,35?,36?,37-,38-,41?,42+,43-,44?/m1/s1. The number of aliphatic hydroxyl groups is 7. The van der Waals surface area contributed by atoms with Crippen LogP contribution in [0.15, 0.2) is 24.3 Å². The van der Waals surface area contributed by atoms with Crippen molar-refractivity contribution in [2.24, 2.45) is 11.8 Å². The summed E-state index contributed by atoms with van der Waals surface area (Å²) in [6, 6.07) is 2.39. The molecule has 23 nitrogen and oxygen atoms in total. The van der Waals surface area contributed by atoms with Gasteiger partial charge in [-0.05, 0) is 30.3 Å². The molecule has 0 bridgehead atoms. The van der Waals surface area contributed by atoms with Crippen molar-refractivity contribution in [3.8, 4) is 0 Å². The quantitative estimate of drug-likeness (QED) is 0.0644. The molecule has 5 aliphatic rings. The van der Waals surface area contributed by atoms with Gasteiger partial charge in [0, 0.05) is 32.8 Å². The predicted molar refractivity (Wildman–Crippen MR) is 239 cm³/mol. The minimum absolute atomic E-state index is 0.146. The highest BCUT2D eigenvalue weighted by Crippen LogP contribution is 2.44. The maximum absolute atomic E-state index is 14.2. The van der Waals surface area contributed by atoms with E-state index in [0.717, 1.165) is 11.8 Å². The largest absolute Gasteiger partial charge is 0.411 e. The number of fused-ring (bicyclic) bond motifs is 1. The third kappa shape index (κ3) is 11.1. The van der Waals surface area contributed by atoms with E-state index in [0.29, 0.717) is 0 Å². The molecule has 1 aromatic rings. The zero-order valence-corrected chi connectivity index (χ0v) is 41.6. The van der Waals surface area contributed by atoms with Gasteiger partial charge < -0.3 is 88.7 Å². The molecule has 0 saturated carbocycles. The number of aliphatic hydroxyl groups excluding tert-OH is 7. The van der Waals surface area contributed by atoms with Crippen LogP contribution in [0.1, 0.15) is 69.2 Å². The number of benzene rings is 1. The average Bonchev–Trinajstić information content (AvgIpc) is 3.54. The Labute approximate surface area is 401 Å². The Morgan fingerprint density at radius 2 is 1.03 bits per heavy atom. The number of nitrogens with zero attached hydrogens (tertiary/aromatic N) is 1. The number of rotatable bonds is 16. The number of imide groups is 1. The average molecular weight is 1000 g/mol. The minimum Gasteiger partial charge on any atom is -0.411 e. The van der Waals surface area contributed by atoms with Gasteiger partial charge in [-0.3, -0.25) is 24.1 Å². The Bertz CT molecular complexity index is 1920. The smallest absolute Gasteiger partial charge is 0.261 e. The minimum atomic E-state index is -2.61. The molecule has 20 atom stereocenters. The van der Waals surface area contributed by atoms with Gasteiger partial charge in [0.05, 0.1) is 55.8 Å². The summed E-state index contributed by atoms with van der Waals surface area (Å²) in [5.74, 6) is -4.24. The second-order valence-corrected chi connectivity index (χ2v) is 24.7. The predicted octanol–water partition coefficient (Wildman–Crippen LogP) is -1.92. The first kappa shape index (κ1) is 55.2. The van der Waals surface area contributed by atoms with Crippen molar-refractivity contribution in [1.29, 1.82) is 0 Å². The summed E-state index contributed by atoms with van der Waals surface area (Å²) in [7, 11) is -1.32. The van der Waals surface area contributed by atoms with Crippen LogP contribution in [0, 0.1) is 11.8 Å². The molecule has 9 N–H and O–H groups in total. The van der Waals surface area contributed by atoms with E-state index in [4.69, 9.17) is 42.3 Å². The molecule has 0 aromatic heterocycles. The van der Waals surface area contributed by atoms with Crippen LogP contribution in [0.25, 0.3) is 0 Å². The Kier molecular flexibility index (Phi) is 17.9. The van der Waals surface area contributed by atoms with Gasteiger partial charge in [0.15, 0.2) is 33.5 Å². The van der Waals surface area contributed by atoms with Crippen molar-refractivity contribution in [3.05, 3.63) is 35.4 Å². The zero-order chi connectivity index (χ0) is 51.0. The van der Waals surface area contributed by atoms with E-state index in [1.54, 1.807) is 19.1 Å². The van der Waals surface area contributed by atoms with E-state index in [1.807, 2.05) is 33.9 Å². The number of hydrogen-bond acceptors (Lipinski definition) is 20. The summed E-state index contributed by atoms with van der Waals surface area (Å²) in [5.41, 5.74) is 0.292. The normalized spacial score (nSPS) is 39.8. The first-order valence-electron chi connectivity index (χ1n) is 23.2. The number of carbonyl (C=O) groups is 4. The van der Waals surface area contributed by atoms with Gasteiger partial charge in [-0.1, -0.05) is 46.8 Å². The van der Waals surface area contributed by atoms with Crippen LogP contribution < -0.4 is 10.6 Å². The van der Waals surface area contributed by atoms with Gasteiger partial charge in [0.2, 0.25) is 11.8 Å². The molecule has 390 valence electrons. The van der Waals surface area contributed by atoms with Crippen molar-refractivity contribution < 1.29 is 97.2 Å². The second-order valence-electron chi connectivity index (χ2n) is 19.9. The topological polar surface area (TPSA) is 320 Å². The van der Waals surface area contributed by atoms with E-state index < -0.39 is 181 Å². The Hall–Kier alpha value is -3.12. The van der Waals surface area contributed by atoms with E-state index in [-0.39, 0.29) is 16.2 Å². The first-order chi connectivity index (χ1) is 32.4. The molecule has 4 amide bonds. The van der Waals surface area contributed by atoms with Crippen LogP contribution in [-0.4, -0.2) is 217 Å². The number of hydrogen-bond donors (Lipinski definition) is 9. The van der Waals surface area contributed by atoms with E-state index in [1.165, 1.54) is 33.1 Å². The fraction of sp³-hybridized carbons (Fsp3) is 0.778. The van der Waals surface area contributed by atoms with Crippen molar-refractivity contribution in [3.63, 3.8) is 0 Å². The second kappa shape index (κ2) is 22.3. The van der Waals surface area contributed by atoms with Crippen LogP contribution in [0.4, 0.5) is 0 Å². The first-order valence-corrected chi connectivity index (χ1v) is 26.1. The Morgan fingerprint density at radius 3 is 1.48 bits per heavy atom. The molecule has 6 rings (SSSR count). The molecule has 69 heavy (non-hydrogen) atoms. The molecular weight excluding hydrogens is 931 g/mol. The van der Waals surface area contributed by atoms with Gasteiger partial charge in [-0.2, -0.15) is 0 Å². The van der Waals surface area contributed by atoms with Crippen LogP contribution in [-0.2, 0) is 51.9 Å². The van der Waals surface area contributed by atoms with Crippen LogP contribution in [0.5, 0.6) is 0 Å². The van der Waals surface area contributed by atoms with Crippen molar-refractivity contribution >= 4 is 31.9 Å². The monoisotopic (exact) mass is 1000 g/mol. The zero-order valence-electron chi connectivity index (χ0n) is 40.6. The fourth-order valence-electron chi connectivity index (χ4n) is 9.46. The maximum Gasteiger partial charge on any atom is 0.261 e. The number of ether oxygens (including phenoxy) is 8. The van der Waals surface area contributed by atoms with Gasteiger partial charge in [-0.15, -0.1) is 0 Å². The summed E-state index contributed by atoms with van der Waals surface area (Å²) in [5, 5.41) is 82.5. The van der Waals surface area contributed by atoms with E-state index >= 15 is 0 Å². The van der Waals surface area contributed by atoms with E-state index in [9.17, 15) is 54.9 Å². The van der Waals surface area contributed by atoms with Gasteiger partial charge in [-0.25, -0.2) is 0 Å². The summed E-state index contributed by atoms with van der Waals surface area (Å²) in [6.45, 7) is 12.9. The van der Waals surface area contributed by atoms with Crippen LogP contribution in [0.3, 0.4) is 0 Å².